The van der Waals surface area contributed by atoms with E-state index in [1.165, 1.54) is 38.5 Å². The second-order valence-electron chi connectivity index (χ2n) is 15.5. The van der Waals surface area contributed by atoms with Gasteiger partial charge in [-0.2, -0.15) is 0 Å². The number of allylic oxidation sites excluding steroid dienone is 14. The van der Waals surface area contributed by atoms with E-state index >= 15 is 0 Å². The molecule has 0 aliphatic heterocycles. The van der Waals surface area contributed by atoms with Gasteiger partial charge in [-0.05, 0) is 77.0 Å². The molecule has 0 aliphatic carbocycles. The summed E-state index contributed by atoms with van der Waals surface area (Å²) in [6.45, 7) is 3.81. The first kappa shape index (κ1) is 55.9. The summed E-state index contributed by atoms with van der Waals surface area (Å²) in [6, 6.07) is 0. The fourth-order valence-corrected chi connectivity index (χ4v) is 5.92. The van der Waals surface area contributed by atoms with Gasteiger partial charge in [0.15, 0.2) is 6.10 Å². The molecule has 0 bridgehead atoms. The molecule has 336 valence electrons. The van der Waals surface area contributed by atoms with Crippen molar-refractivity contribution in [3.63, 3.8) is 0 Å². The summed E-state index contributed by atoms with van der Waals surface area (Å²) < 4.78 is 33.7. The minimum atomic E-state index is -4.67. The number of carbonyl (C=O) groups excluding carboxylic acids is 2. The Balaban J connectivity index is 4.60. The van der Waals surface area contributed by atoms with E-state index in [0.29, 0.717) is 36.7 Å². The van der Waals surface area contributed by atoms with Crippen molar-refractivity contribution in [3.8, 4) is 0 Å². The van der Waals surface area contributed by atoms with Crippen molar-refractivity contribution in [1.29, 1.82) is 0 Å². The number of phosphoric acid groups is 1. The SMILES string of the molecule is CC/C=C\C(O)C/C=C/C=C\C/C=C\C/C=C\CCCC(=O)O[C@H](COC(=O)CCC/C=C\C/C=C\C/C=C\CCCCCCCC)COP(=O)([O-])OCC[N+](C)(C)C. The maximum atomic E-state index is 12.7. The molecule has 0 saturated carbocycles. The van der Waals surface area contributed by atoms with Crippen molar-refractivity contribution in [3.05, 3.63) is 97.2 Å². The fraction of sp³-hybridized carbons (Fsp3) is 0.625. The van der Waals surface area contributed by atoms with Gasteiger partial charge in [-0.3, -0.25) is 14.2 Å². The van der Waals surface area contributed by atoms with Gasteiger partial charge < -0.3 is 33.0 Å². The number of rotatable bonds is 38. The highest BCUT2D eigenvalue weighted by molar-refractivity contribution is 7.45. The maximum absolute atomic E-state index is 12.7. The van der Waals surface area contributed by atoms with Gasteiger partial charge >= 0.3 is 11.9 Å². The Hall–Kier alpha value is -3.11. The molecule has 0 aromatic carbocycles. The summed E-state index contributed by atoms with van der Waals surface area (Å²) in [4.78, 5) is 37.5. The molecule has 59 heavy (non-hydrogen) atoms. The van der Waals surface area contributed by atoms with E-state index in [1.54, 1.807) is 0 Å². The second-order valence-corrected chi connectivity index (χ2v) is 16.9. The molecular weight excluding hydrogens is 766 g/mol. The molecule has 10 nitrogen and oxygen atoms in total. The van der Waals surface area contributed by atoms with Crippen molar-refractivity contribution in [1.82, 2.24) is 0 Å². The zero-order valence-corrected chi connectivity index (χ0v) is 38.2. The molecule has 0 saturated heterocycles. The Labute approximate surface area is 358 Å². The molecule has 3 atom stereocenters. The first-order chi connectivity index (χ1) is 28.4. The molecule has 0 heterocycles. The van der Waals surface area contributed by atoms with Crippen molar-refractivity contribution in [2.45, 2.75) is 148 Å². The van der Waals surface area contributed by atoms with Crippen LogP contribution in [0.15, 0.2) is 97.2 Å². The van der Waals surface area contributed by atoms with Gasteiger partial charge in [0.2, 0.25) is 0 Å². The number of aliphatic hydroxyl groups excluding tert-OH is 1. The topological polar surface area (TPSA) is 131 Å². The monoisotopic (exact) mass is 846 g/mol. The molecule has 0 rings (SSSR count). The van der Waals surface area contributed by atoms with E-state index in [1.807, 2.05) is 82.8 Å². The second kappa shape index (κ2) is 39.1. The molecule has 0 radical (unpaired) electrons. The van der Waals surface area contributed by atoms with Crippen LogP contribution < -0.4 is 4.89 Å². The minimum absolute atomic E-state index is 0.0623. The van der Waals surface area contributed by atoms with Gasteiger partial charge in [0.25, 0.3) is 7.82 Å². The molecule has 1 N–H and O–H groups in total. The predicted molar refractivity (Wildman–Crippen MR) is 241 cm³/mol. The Morgan fingerprint density at radius 1 is 0.644 bits per heavy atom. The van der Waals surface area contributed by atoms with Gasteiger partial charge in [0.05, 0.1) is 33.9 Å². The number of carbonyl (C=O) groups is 2. The van der Waals surface area contributed by atoms with Gasteiger partial charge in [0.1, 0.15) is 19.8 Å². The normalized spacial score (nSPS) is 15.0. The Morgan fingerprint density at radius 3 is 1.76 bits per heavy atom. The zero-order chi connectivity index (χ0) is 43.7. The van der Waals surface area contributed by atoms with Crippen molar-refractivity contribution in [2.75, 3.05) is 47.5 Å². The van der Waals surface area contributed by atoms with Crippen LogP contribution in [0.1, 0.15) is 136 Å². The summed E-state index contributed by atoms with van der Waals surface area (Å²) in [7, 11) is 1.06. The number of ether oxygens (including phenoxy) is 2. The van der Waals surface area contributed by atoms with Crippen molar-refractivity contribution >= 4 is 19.8 Å². The van der Waals surface area contributed by atoms with E-state index in [4.69, 9.17) is 18.5 Å². The number of phosphoric ester groups is 1. The van der Waals surface area contributed by atoms with E-state index < -0.39 is 38.6 Å². The molecule has 0 aromatic heterocycles. The zero-order valence-electron chi connectivity index (χ0n) is 37.3. The van der Waals surface area contributed by atoms with Crippen LogP contribution in [0.4, 0.5) is 0 Å². The van der Waals surface area contributed by atoms with E-state index in [2.05, 4.69) is 49.5 Å². The standard InChI is InChI=1S/C48H80NO9P/c1-6-8-10-11-12-13-14-15-16-17-18-19-23-26-29-32-35-39-47(51)55-43-46(44-57-59(53,54)56-42-41-49(3,4)5)58-48(52)40-36-33-30-27-24-21-20-22-25-28-31-34-38-45(50)37-9-7-2/h9,15-16,18-21,25-31,34,37,45-46,50H,6-8,10-14,17,22-24,32-33,35-36,38-44H2,1-5H3/b16-15-,19-18-,21-20-,28-25-,29-26-,30-27-,34-31+,37-9-/t45?,46-/m1/s1. The molecule has 0 amide bonds. The average molecular weight is 846 g/mol. The van der Waals surface area contributed by atoms with Crippen molar-refractivity contribution < 1.29 is 47.2 Å². The Morgan fingerprint density at radius 2 is 1.17 bits per heavy atom. The Bertz CT molecular complexity index is 1340. The van der Waals surface area contributed by atoms with Gasteiger partial charge in [0, 0.05) is 12.8 Å². The predicted octanol–water partition coefficient (Wildman–Crippen LogP) is 10.9. The number of likely N-dealkylation sites (N-methyl/N-ethyl adjacent to an activating group) is 1. The number of hydrogen-bond acceptors (Lipinski definition) is 9. The lowest BCUT2D eigenvalue weighted by molar-refractivity contribution is -0.870. The first-order valence-electron chi connectivity index (χ1n) is 22.1. The van der Waals surface area contributed by atoms with Crippen LogP contribution in [0.25, 0.3) is 0 Å². The number of quaternary nitrogens is 1. The third kappa shape index (κ3) is 42.8. The first-order valence-corrected chi connectivity index (χ1v) is 23.5. The summed E-state index contributed by atoms with van der Waals surface area (Å²) in [6.07, 6.45) is 47.9. The highest BCUT2D eigenvalue weighted by Crippen LogP contribution is 2.38. The van der Waals surface area contributed by atoms with Gasteiger partial charge in [-0.15, -0.1) is 0 Å². The average Bonchev–Trinajstić information content (AvgIpc) is 3.18. The van der Waals surface area contributed by atoms with E-state index in [-0.39, 0.29) is 26.1 Å². The molecule has 0 fully saturated rings. The molecule has 0 aromatic rings. The van der Waals surface area contributed by atoms with Gasteiger partial charge in [-0.1, -0.05) is 143 Å². The number of unbranched alkanes of at least 4 members (excludes halogenated alkanes) is 8. The Kier molecular flexibility index (Phi) is 37.0. The lowest BCUT2D eigenvalue weighted by atomic mass is 10.1. The minimum Gasteiger partial charge on any atom is -0.756 e. The van der Waals surface area contributed by atoms with Gasteiger partial charge in [-0.25, -0.2) is 0 Å². The number of hydrogen-bond donors (Lipinski definition) is 1. The largest absolute Gasteiger partial charge is 0.756 e. The van der Waals surface area contributed by atoms with Crippen LogP contribution in [0, 0.1) is 0 Å². The quantitative estimate of drug-likeness (QED) is 0.0161. The van der Waals surface area contributed by atoms with Crippen LogP contribution in [0.3, 0.4) is 0 Å². The third-order valence-electron chi connectivity index (χ3n) is 8.66. The van der Waals surface area contributed by atoms with E-state index in [9.17, 15) is 24.2 Å². The lowest BCUT2D eigenvalue weighted by Crippen LogP contribution is -2.37. The number of esters is 2. The summed E-state index contributed by atoms with van der Waals surface area (Å²) in [5.41, 5.74) is 0. The molecule has 0 spiro atoms. The summed E-state index contributed by atoms with van der Waals surface area (Å²) in [5, 5.41) is 9.77. The molecule has 11 heteroatoms. The maximum Gasteiger partial charge on any atom is 0.306 e. The fourth-order valence-electron chi connectivity index (χ4n) is 5.20. The third-order valence-corrected chi connectivity index (χ3v) is 9.63. The van der Waals surface area contributed by atoms with Crippen molar-refractivity contribution in [2.24, 2.45) is 0 Å². The summed E-state index contributed by atoms with van der Waals surface area (Å²) >= 11 is 0. The van der Waals surface area contributed by atoms with E-state index in [0.717, 1.165) is 44.9 Å². The smallest absolute Gasteiger partial charge is 0.306 e. The van der Waals surface area contributed by atoms with Crippen LogP contribution in [0.5, 0.6) is 0 Å². The highest BCUT2D eigenvalue weighted by atomic mass is 31.2. The summed E-state index contributed by atoms with van der Waals surface area (Å²) in [5.74, 6) is -0.999. The number of nitrogens with zero attached hydrogens (tertiary/aromatic N) is 1. The highest BCUT2D eigenvalue weighted by Gasteiger charge is 2.21. The van der Waals surface area contributed by atoms with Crippen LogP contribution in [-0.2, 0) is 32.7 Å². The lowest BCUT2D eigenvalue weighted by Gasteiger charge is -2.28. The van der Waals surface area contributed by atoms with Crippen LogP contribution >= 0.6 is 7.82 Å². The number of aliphatic hydroxyl groups is 1. The molecule has 2 unspecified atom stereocenters. The molecular formula is C48H80NO9P. The van der Waals surface area contributed by atoms with Crippen LogP contribution in [0.2, 0.25) is 0 Å². The van der Waals surface area contributed by atoms with Crippen LogP contribution in [-0.4, -0.2) is 81.2 Å². The molecule has 0 aliphatic rings.